The first-order valence-electron chi connectivity index (χ1n) is 7.48. The summed E-state index contributed by atoms with van der Waals surface area (Å²) in [5.74, 6) is 0.152. The molecule has 2 unspecified atom stereocenters. The van der Waals surface area contributed by atoms with Crippen molar-refractivity contribution in [2.45, 2.75) is 38.1 Å². The topological polar surface area (TPSA) is 29.1 Å². The highest BCUT2D eigenvalue weighted by Crippen LogP contribution is 2.37. The predicted octanol–water partition coefficient (Wildman–Crippen LogP) is 3.38. The van der Waals surface area contributed by atoms with Crippen molar-refractivity contribution in [3.05, 3.63) is 71.3 Å². The van der Waals surface area contributed by atoms with E-state index in [-0.39, 0.29) is 17.4 Å². The third kappa shape index (κ3) is 2.71. The van der Waals surface area contributed by atoms with Crippen LogP contribution in [0.25, 0.3) is 0 Å². The molecule has 1 aliphatic rings. The zero-order chi connectivity index (χ0) is 14.9. The van der Waals surface area contributed by atoms with Crippen molar-refractivity contribution in [2.24, 2.45) is 0 Å². The molecule has 1 N–H and O–H groups in total. The first-order valence-corrected chi connectivity index (χ1v) is 7.48. The summed E-state index contributed by atoms with van der Waals surface area (Å²) < 4.78 is 0. The van der Waals surface area contributed by atoms with Crippen LogP contribution >= 0.6 is 0 Å². The minimum atomic E-state index is -0.138. The molecule has 21 heavy (non-hydrogen) atoms. The lowest BCUT2D eigenvalue weighted by Crippen LogP contribution is -2.40. The lowest BCUT2D eigenvalue weighted by molar-refractivity contribution is -0.119. The van der Waals surface area contributed by atoms with Crippen LogP contribution in [0.5, 0.6) is 0 Å². The molecule has 0 aliphatic carbocycles. The summed E-state index contributed by atoms with van der Waals surface area (Å²) in [6.45, 7) is 4.29. The Bertz CT molecular complexity index is 632. The predicted molar refractivity (Wildman–Crippen MR) is 85.2 cm³/mol. The number of hydrogen-bond acceptors (Lipinski definition) is 1. The van der Waals surface area contributed by atoms with Crippen LogP contribution in [0.15, 0.2) is 54.6 Å². The number of hydrogen-bond donors (Lipinski definition) is 1. The first kappa shape index (κ1) is 13.9. The molecule has 3 rings (SSSR count). The minimum absolute atomic E-state index is 0.138. The Balaban J connectivity index is 1.91. The van der Waals surface area contributed by atoms with E-state index in [1.807, 2.05) is 6.07 Å². The molecule has 1 heterocycles. The first-order chi connectivity index (χ1) is 10.1. The van der Waals surface area contributed by atoms with Crippen molar-refractivity contribution in [2.75, 3.05) is 0 Å². The molecule has 108 valence electrons. The number of carbonyl (C=O) groups is 1. The van der Waals surface area contributed by atoms with Crippen molar-refractivity contribution in [3.8, 4) is 0 Å². The lowest BCUT2D eigenvalue weighted by Gasteiger charge is -2.31. The molecule has 2 heteroatoms. The van der Waals surface area contributed by atoms with Gasteiger partial charge in [0.15, 0.2) is 0 Å². The van der Waals surface area contributed by atoms with E-state index in [9.17, 15) is 4.79 Å². The molecule has 1 aliphatic heterocycles. The van der Waals surface area contributed by atoms with Gasteiger partial charge in [-0.15, -0.1) is 0 Å². The summed E-state index contributed by atoms with van der Waals surface area (Å²) in [5, 5.41) is 3.17. The van der Waals surface area contributed by atoms with Gasteiger partial charge in [-0.3, -0.25) is 4.79 Å². The highest BCUT2D eigenvalue weighted by Gasteiger charge is 2.44. The smallest absolute Gasteiger partial charge is 0.221 e. The molecule has 0 spiro atoms. The zero-order valence-electron chi connectivity index (χ0n) is 12.6. The standard InChI is InChI=1S/C19H21NO/c1-14-8-10-16(11-9-14)19(2)13-18(21)20-17(19)12-15-6-4-3-5-7-15/h3-11,17H,12-13H2,1-2H3,(H,20,21). The Morgan fingerprint density at radius 1 is 1.10 bits per heavy atom. The summed E-state index contributed by atoms with van der Waals surface area (Å²) in [7, 11) is 0. The largest absolute Gasteiger partial charge is 0.352 e. The molecule has 2 atom stereocenters. The average molecular weight is 279 g/mol. The van der Waals surface area contributed by atoms with E-state index in [4.69, 9.17) is 0 Å². The number of benzene rings is 2. The average Bonchev–Trinajstić information content (AvgIpc) is 2.76. The zero-order valence-corrected chi connectivity index (χ0v) is 12.6. The van der Waals surface area contributed by atoms with Crippen LogP contribution in [-0.4, -0.2) is 11.9 Å². The summed E-state index contributed by atoms with van der Waals surface area (Å²) in [6, 6.07) is 19.1. The second-order valence-corrected chi connectivity index (χ2v) is 6.27. The van der Waals surface area contributed by atoms with Crippen LogP contribution in [0.3, 0.4) is 0 Å². The van der Waals surface area contributed by atoms with E-state index < -0.39 is 0 Å². The maximum Gasteiger partial charge on any atom is 0.221 e. The molecule has 0 aromatic heterocycles. The molecular weight excluding hydrogens is 258 g/mol. The van der Waals surface area contributed by atoms with E-state index >= 15 is 0 Å². The quantitative estimate of drug-likeness (QED) is 0.917. The van der Waals surface area contributed by atoms with Gasteiger partial charge in [-0.1, -0.05) is 67.1 Å². The number of rotatable bonds is 3. The Morgan fingerprint density at radius 2 is 1.76 bits per heavy atom. The number of amides is 1. The van der Waals surface area contributed by atoms with Crippen molar-refractivity contribution in [3.63, 3.8) is 0 Å². The Hall–Kier alpha value is -2.09. The van der Waals surface area contributed by atoms with Gasteiger partial charge in [-0.05, 0) is 24.5 Å². The van der Waals surface area contributed by atoms with E-state index in [1.165, 1.54) is 16.7 Å². The SMILES string of the molecule is Cc1ccc(C2(C)CC(=O)NC2Cc2ccccc2)cc1. The van der Waals surface area contributed by atoms with E-state index in [2.05, 4.69) is 67.7 Å². The molecule has 1 amide bonds. The van der Waals surface area contributed by atoms with E-state index in [0.29, 0.717) is 6.42 Å². The highest BCUT2D eigenvalue weighted by atomic mass is 16.2. The molecule has 2 nitrogen and oxygen atoms in total. The minimum Gasteiger partial charge on any atom is -0.352 e. The Labute approximate surface area is 126 Å². The highest BCUT2D eigenvalue weighted by molar-refractivity contribution is 5.81. The third-order valence-corrected chi connectivity index (χ3v) is 4.63. The lowest BCUT2D eigenvalue weighted by atomic mass is 9.74. The molecular formula is C19H21NO. The fourth-order valence-corrected chi connectivity index (χ4v) is 3.23. The maximum absolute atomic E-state index is 12.0. The number of carbonyl (C=O) groups excluding carboxylic acids is 1. The maximum atomic E-state index is 12.0. The molecule has 1 fully saturated rings. The Kier molecular flexibility index (Phi) is 3.54. The van der Waals surface area contributed by atoms with Crippen LogP contribution < -0.4 is 5.32 Å². The van der Waals surface area contributed by atoms with Gasteiger partial charge in [-0.2, -0.15) is 0 Å². The van der Waals surface area contributed by atoms with Gasteiger partial charge in [0.2, 0.25) is 5.91 Å². The van der Waals surface area contributed by atoms with Gasteiger partial charge in [0.1, 0.15) is 0 Å². The molecule has 0 bridgehead atoms. The van der Waals surface area contributed by atoms with Gasteiger partial charge in [0, 0.05) is 17.9 Å². The van der Waals surface area contributed by atoms with Gasteiger partial charge < -0.3 is 5.32 Å². The van der Waals surface area contributed by atoms with Crippen molar-refractivity contribution in [1.82, 2.24) is 5.32 Å². The monoisotopic (exact) mass is 279 g/mol. The second kappa shape index (κ2) is 5.36. The summed E-state index contributed by atoms with van der Waals surface area (Å²) in [5.41, 5.74) is 3.62. The van der Waals surface area contributed by atoms with Crippen molar-refractivity contribution in [1.29, 1.82) is 0 Å². The van der Waals surface area contributed by atoms with Crippen molar-refractivity contribution < 1.29 is 4.79 Å². The number of nitrogens with one attached hydrogen (secondary N) is 1. The normalized spacial score (nSPS) is 24.9. The van der Waals surface area contributed by atoms with Crippen LogP contribution in [0, 0.1) is 6.92 Å². The van der Waals surface area contributed by atoms with Gasteiger partial charge >= 0.3 is 0 Å². The molecule has 0 saturated carbocycles. The van der Waals surface area contributed by atoms with Crippen LogP contribution in [0.2, 0.25) is 0 Å². The van der Waals surface area contributed by atoms with Gasteiger partial charge in [0.05, 0.1) is 0 Å². The van der Waals surface area contributed by atoms with Crippen LogP contribution in [0.4, 0.5) is 0 Å². The molecule has 1 saturated heterocycles. The number of aryl methyl sites for hydroxylation is 1. The van der Waals surface area contributed by atoms with Gasteiger partial charge in [0.25, 0.3) is 0 Å². The molecule has 0 radical (unpaired) electrons. The van der Waals surface area contributed by atoms with Crippen LogP contribution in [0.1, 0.15) is 30.0 Å². The van der Waals surface area contributed by atoms with Crippen LogP contribution in [-0.2, 0) is 16.6 Å². The van der Waals surface area contributed by atoms with Gasteiger partial charge in [-0.25, -0.2) is 0 Å². The summed E-state index contributed by atoms with van der Waals surface area (Å²) >= 11 is 0. The third-order valence-electron chi connectivity index (χ3n) is 4.63. The summed E-state index contributed by atoms with van der Waals surface area (Å²) in [4.78, 5) is 12.0. The fourth-order valence-electron chi connectivity index (χ4n) is 3.23. The fraction of sp³-hybridized carbons (Fsp3) is 0.316. The van der Waals surface area contributed by atoms with Crippen molar-refractivity contribution >= 4 is 5.91 Å². The molecule has 2 aromatic rings. The Morgan fingerprint density at radius 3 is 2.43 bits per heavy atom. The molecule has 2 aromatic carbocycles. The van der Waals surface area contributed by atoms with E-state index in [0.717, 1.165) is 6.42 Å². The second-order valence-electron chi connectivity index (χ2n) is 6.27. The summed E-state index contributed by atoms with van der Waals surface area (Å²) in [6.07, 6.45) is 1.44. The van der Waals surface area contributed by atoms with E-state index in [1.54, 1.807) is 0 Å².